The average molecular weight is 1200 g/mol. The lowest BCUT2D eigenvalue weighted by Gasteiger charge is -2.16. The van der Waals surface area contributed by atoms with Gasteiger partial charge in [-0.05, 0) is 30.7 Å². The van der Waals surface area contributed by atoms with Gasteiger partial charge in [-0.3, -0.25) is 52.4 Å². The molecule has 0 unspecified atom stereocenters. The molecule has 1 saturated heterocycles. The van der Waals surface area contributed by atoms with Gasteiger partial charge in [0.1, 0.15) is 29.4 Å². The van der Waals surface area contributed by atoms with Gasteiger partial charge in [-0.25, -0.2) is 24.5 Å². The van der Waals surface area contributed by atoms with E-state index < -0.39 is 73.9 Å². The Morgan fingerprint density at radius 3 is 1.80 bits per heavy atom. The minimum Gasteiger partial charge on any atom is -0.390 e. The molecule has 7 amide bonds. The number of aromatic amines is 1. The topological polar surface area (TPSA) is 444 Å². The first-order valence-electron chi connectivity index (χ1n) is 25.8. The third-order valence-corrected chi connectivity index (χ3v) is 13.6. The van der Waals surface area contributed by atoms with Gasteiger partial charge in [0.05, 0.1) is 30.4 Å². The normalized spacial score (nSPS) is 15.0. The molecule has 85 heavy (non-hydrogen) atoms. The summed E-state index contributed by atoms with van der Waals surface area (Å²) < 4.78 is 31.6. The molecule has 8 aromatic rings. The van der Waals surface area contributed by atoms with Crippen molar-refractivity contribution < 1.29 is 62.3 Å². The van der Waals surface area contributed by atoms with Crippen molar-refractivity contribution in [3.05, 3.63) is 113 Å². The first kappa shape index (κ1) is 59.6. The van der Waals surface area contributed by atoms with E-state index in [1.165, 1.54) is 76.5 Å². The summed E-state index contributed by atoms with van der Waals surface area (Å²) in [7, 11) is 4.81. The van der Waals surface area contributed by atoms with Crippen molar-refractivity contribution in [3.8, 4) is 0 Å². The van der Waals surface area contributed by atoms with Gasteiger partial charge in [0.15, 0.2) is 28.6 Å². The molecule has 1 fully saturated rings. The van der Waals surface area contributed by atoms with E-state index in [1.54, 1.807) is 65.6 Å². The zero-order chi connectivity index (χ0) is 61.0. The molecule has 8 aromatic heterocycles. The van der Waals surface area contributed by atoms with Crippen LogP contribution in [0.3, 0.4) is 0 Å². The molecule has 3 atom stereocenters. The molecule has 448 valence electrons. The van der Waals surface area contributed by atoms with E-state index in [0.29, 0.717) is 17.1 Å². The number of nitrogens with zero attached hydrogens (tertiary/aromatic N) is 12. The SMILES string of the molecule is Cn1cc(NC(=O)c2cc(NC(=O)c3cccn3C)cn2C)cc1C(=O)NCCCC(=O)Nc1cn(C)c(C(=O)Nc2cn(C)c(C(=O)Nc3cn(C)c(C(=O)NCCNc4nc5c(ncn5[C@H]5C[C@H](O)[C@@H](COP(=O)(O)O)O5)c(=O)[nH]4)n3)n2)n1. The number of anilines is 6. The summed E-state index contributed by atoms with van der Waals surface area (Å²) in [5, 5.41) is 32.1. The summed E-state index contributed by atoms with van der Waals surface area (Å²) in [5.41, 5.74) is 1.17. The van der Waals surface area contributed by atoms with Gasteiger partial charge in [-0.2, -0.15) is 4.98 Å². The Kier molecular flexibility index (Phi) is 17.4. The molecule has 0 radical (unpaired) electrons. The summed E-state index contributed by atoms with van der Waals surface area (Å²) in [5.74, 6) is -3.98. The van der Waals surface area contributed by atoms with Crippen LogP contribution in [0, 0.1) is 0 Å². The second-order valence-electron chi connectivity index (χ2n) is 19.5. The molecule has 0 aliphatic carbocycles. The van der Waals surface area contributed by atoms with E-state index in [1.807, 2.05) is 0 Å². The number of aryl methyl sites for hydroxylation is 6. The van der Waals surface area contributed by atoms with E-state index in [4.69, 9.17) is 14.5 Å². The Labute approximate surface area is 479 Å². The fraction of sp³-hybridized carbons (Fsp3) is 0.327. The van der Waals surface area contributed by atoms with E-state index >= 15 is 0 Å². The summed E-state index contributed by atoms with van der Waals surface area (Å²) >= 11 is 0. The number of amides is 7. The maximum atomic E-state index is 13.4. The zero-order valence-corrected chi connectivity index (χ0v) is 47.1. The first-order valence-corrected chi connectivity index (χ1v) is 27.3. The number of H-pyrrole nitrogens is 1. The van der Waals surface area contributed by atoms with Gasteiger partial charge in [-0.1, -0.05) is 0 Å². The number of carbonyl (C=O) groups excluding carboxylic acids is 7. The van der Waals surface area contributed by atoms with Crippen LogP contribution in [0.1, 0.15) is 88.8 Å². The smallest absolute Gasteiger partial charge is 0.390 e. The van der Waals surface area contributed by atoms with Crippen molar-refractivity contribution in [2.45, 2.75) is 37.7 Å². The average Bonchev–Trinajstić information content (AvgIpc) is 4.45. The molecule has 1 aliphatic heterocycles. The van der Waals surface area contributed by atoms with E-state index in [-0.39, 0.29) is 108 Å². The Bertz CT molecular complexity index is 4000. The predicted molar refractivity (Wildman–Crippen MR) is 299 cm³/mol. The number of rotatable bonds is 23. The third kappa shape index (κ3) is 14.1. The molecular weight excluding hydrogens is 1140 g/mol. The van der Waals surface area contributed by atoms with Gasteiger partial charge in [0.2, 0.25) is 29.3 Å². The minimum atomic E-state index is -4.82. The van der Waals surface area contributed by atoms with E-state index in [9.17, 15) is 48.0 Å². The largest absolute Gasteiger partial charge is 0.469 e. The first-order chi connectivity index (χ1) is 40.4. The van der Waals surface area contributed by atoms with Crippen LogP contribution in [0.5, 0.6) is 0 Å². The molecule has 35 nitrogen and oxygen atoms in total. The van der Waals surface area contributed by atoms with Gasteiger partial charge in [0.25, 0.3) is 41.0 Å². The third-order valence-electron chi connectivity index (χ3n) is 13.1. The standard InChI is InChI=1S/C49H58N21O14P/c1-64-14-8-9-27(64)43(74)54-26-16-29(66(3)19-26)44(75)55-25-15-28(65(2)18-25)42(73)50-11-7-10-35(72)56-32-20-68(5)40(57-32)47(78)61-34-22-69(6)41(59-34)48(79)60-33-21-67(4)39(58-33)46(77)51-12-13-52-49-62-38-37(45(76)63-49)53-24-70(38)36-17-30(71)31(84-36)23-83-85(80,81)82/h8-9,14-16,18-22,24,30-31,36,71H,7,10-13,17,23H2,1-6H3,(H,50,73)(H,51,77)(H,54,74)(H,55,75)(H,56,72)(H,60,79)(H,61,78)(H2,80,81,82)(H2,52,62,63,76)/t30-,31+,36+/m0/s1. The number of imidazole rings is 4. The number of hydrogen-bond acceptors (Lipinski definition) is 18. The summed E-state index contributed by atoms with van der Waals surface area (Å²) in [6.45, 7) is -0.381. The van der Waals surface area contributed by atoms with Crippen LogP contribution in [0.15, 0.2) is 72.6 Å². The number of aliphatic hydroxyl groups is 1. The van der Waals surface area contributed by atoms with Gasteiger partial charge in [0, 0.05) is 112 Å². The van der Waals surface area contributed by atoms with Crippen LogP contribution < -0.4 is 48.1 Å². The number of nitrogens with one attached hydrogen (secondary N) is 9. The number of ether oxygens (including phenoxy) is 1. The lowest BCUT2D eigenvalue weighted by atomic mass is 10.2. The zero-order valence-electron chi connectivity index (χ0n) is 46.2. The molecule has 0 aromatic carbocycles. The molecule has 9 heterocycles. The van der Waals surface area contributed by atoms with Crippen molar-refractivity contribution >= 4 is 95.1 Å². The quantitative estimate of drug-likeness (QED) is 0.0298. The second kappa shape index (κ2) is 24.8. The molecule has 0 saturated carbocycles. The highest BCUT2D eigenvalue weighted by molar-refractivity contribution is 7.46. The van der Waals surface area contributed by atoms with Crippen LogP contribution in [0.2, 0.25) is 0 Å². The van der Waals surface area contributed by atoms with Gasteiger partial charge < -0.3 is 89.6 Å². The second-order valence-corrected chi connectivity index (χ2v) is 20.7. The van der Waals surface area contributed by atoms with Crippen molar-refractivity contribution in [1.29, 1.82) is 0 Å². The fourth-order valence-electron chi connectivity index (χ4n) is 8.97. The minimum absolute atomic E-state index is 0.00151. The molecular formula is C49H58N21O14P. The highest BCUT2D eigenvalue weighted by atomic mass is 31.2. The predicted octanol–water partition coefficient (Wildman–Crippen LogP) is 0.0931. The molecule has 36 heteroatoms. The van der Waals surface area contributed by atoms with Crippen molar-refractivity contribution in [2.24, 2.45) is 42.3 Å². The fourth-order valence-corrected chi connectivity index (χ4v) is 9.31. The number of carbonyl (C=O) groups is 7. The Balaban J connectivity index is 0.694. The molecule has 0 bridgehead atoms. The number of phosphoric acid groups is 1. The highest BCUT2D eigenvalue weighted by Gasteiger charge is 2.38. The number of aromatic nitrogens is 13. The lowest BCUT2D eigenvalue weighted by molar-refractivity contribution is -0.116. The molecule has 9 rings (SSSR count). The summed E-state index contributed by atoms with van der Waals surface area (Å²) in [6.07, 6.45) is 7.51. The number of hydrogen-bond donors (Lipinski definition) is 12. The Morgan fingerprint density at radius 1 is 0.671 bits per heavy atom. The highest BCUT2D eigenvalue weighted by Crippen LogP contribution is 2.38. The molecule has 1 aliphatic rings. The van der Waals surface area contributed by atoms with Gasteiger partial charge >= 0.3 is 7.82 Å². The summed E-state index contributed by atoms with van der Waals surface area (Å²) in [4.78, 5) is 146. The van der Waals surface area contributed by atoms with Crippen LogP contribution >= 0.6 is 7.82 Å². The van der Waals surface area contributed by atoms with Crippen LogP contribution in [-0.2, 0) is 60.9 Å². The van der Waals surface area contributed by atoms with E-state index in [0.717, 1.165) is 0 Å². The van der Waals surface area contributed by atoms with E-state index in [2.05, 4.69) is 77.0 Å². The van der Waals surface area contributed by atoms with Crippen LogP contribution in [-0.4, -0.2) is 157 Å². The molecule has 0 spiro atoms. The van der Waals surface area contributed by atoms with Crippen LogP contribution in [0.25, 0.3) is 11.2 Å². The number of fused-ring (bicyclic) bond motifs is 1. The monoisotopic (exact) mass is 1200 g/mol. The maximum Gasteiger partial charge on any atom is 0.469 e. The maximum absolute atomic E-state index is 13.4. The summed E-state index contributed by atoms with van der Waals surface area (Å²) in [6, 6.07) is 6.46. The Hall–Kier alpha value is -10.1. The van der Waals surface area contributed by atoms with Crippen molar-refractivity contribution in [1.82, 2.24) is 72.5 Å². The van der Waals surface area contributed by atoms with Crippen molar-refractivity contribution in [3.63, 3.8) is 0 Å². The number of aliphatic hydroxyl groups excluding tert-OH is 1. The van der Waals surface area contributed by atoms with Crippen molar-refractivity contribution in [2.75, 3.05) is 58.1 Å². The lowest BCUT2D eigenvalue weighted by Crippen LogP contribution is -2.31. The van der Waals surface area contributed by atoms with Crippen LogP contribution in [0.4, 0.5) is 34.8 Å². The number of phosphoric ester groups is 1. The van der Waals surface area contributed by atoms with Gasteiger partial charge in [-0.15, -0.1) is 0 Å². The molecule has 12 N–H and O–H groups in total. The Morgan fingerprint density at radius 2 is 1.22 bits per heavy atom.